The molecule has 0 fully saturated rings. The van der Waals surface area contributed by atoms with E-state index in [1.54, 1.807) is 0 Å². The number of esters is 1. The second-order valence-corrected chi connectivity index (χ2v) is 4.37. The quantitative estimate of drug-likeness (QED) is 0.773. The fraction of sp³-hybridized carbons (Fsp3) is 0.500. The maximum atomic E-state index is 11.0. The summed E-state index contributed by atoms with van der Waals surface area (Å²) < 4.78 is 4.85. The van der Waals surface area contributed by atoms with Crippen molar-refractivity contribution >= 4 is 17.6 Å². The second-order valence-electron chi connectivity index (χ2n) is 3.96. The zero-order valence-electron chi connectivity index (χ0n) is 10.6. The van der Waals surface area contributed by atoms with E-state index in [4.69, 9.17) is 16.3 Å². The van der Waals surface area contributed by atoms with Crippen molar-refractivity contribution in [1.82, 2.24) is 0 Å². The summed E-state index contributed by atoms with van der Waals surface area (Å²) in [5, 5.41) is 3.46. The highest BCUT2D eigenvalue weighted by Crippen LogP contribution is 2.20. The largest absolute Gasteiger partial charge is 0.466 e. The molecule has 0 saturated heterocycles. The Hall–Kier alpha value is -1.02. The van der Waals surface area contributed by atoms with Gasteiger partial charge in [-0.3, -0.25) is 4.79 Å². The van der Waals surface area contributed by atoms with Gasteiger partial charge in [-0.05, 0) is 31.1 Å². The summed E-state index contributed by atoms with van der Waals surface area (Å²) in [5.41, 5.74) is 0. The third kappa shape index (κ3) is 3.47. The van der Waals surface area contributed by atoms with Gasteiger partial charge in [0.25, 0.3) is 0 Å². The van der Waals surface area contributed by atoms with Crippen LogP contribution in [0.2, 0.25) is 5.02 Å². The minimum absolute atomic E-state index is 0.0486. The fourth-order valence-corrected chi connectivity index (χ4v) is 1.91. The normalized spacial score (nSPS) is 10.6. The Labute approximate surface area is 107 Å². The van der Waals surface area contributed by atoms with Gasteiger partial charge in [0.15, 0.2) is 0 Å². The summed E-state index contributed by atoms with van der Waals surface area (Å²) in [4.78, 5) is 11.0. The van der Waals surface area contributed by atoms with E-state index in [0.717, 1.165) is 17.9 Å². The van der Waals surface area contributed by atoms with E-state index in [-0.39, 0.29) is 11.9 Å². The van der Waals surface area contributed by atoms with Gasteiger partial charge in [0, 0.05) is 10.2 Å². The first kappa shape index (κ1) is 14.0. The Morgan fingerprint density at radius 3 is 2.12 bits per heavy atom. The molecule has 0 unspecified atom stereocenters. The van der Waals surface area contributed by atoms with Crippen LogP contribution in [-0.4, -0.2) is 12.6 Å². The van der Waals surface area contributed by atoms with Crippen molar-refractivity contribution in [3.05, 3.63) is 33.7 Å². The predicted octanol–water partition coefficient (Wildman–Crippen LogP) is 3.93. The molecule has 0 saturated carbocycles. The summed E-state index contributed by atoms with van der Waals surface area (Å²) in [6.45, 7) is 6.34. The maximum absolute atomic E-state index is 11.0. The lowest BCUT2D eigenvalue weighted by atomic mass is 10.0. The van der Waals surface area contributed by atoms with Crippen LogP contribution in [0.25, 0.3) is 0 Å². The average Bonchev–Trinajstić information content (AvgIpc) is 2.28. The van der Waals surface area contributed by atoms with Gasteiger partial charge in [0.05, 0.1) is 12.5 Å². The Kier molecular flexibility index (Phi) is 5.49. The number of benzene rings is 1. The average molecular weight is 255 g/mol. The van der Waals surface area contributed by atoms with Crippen LogP contribution in [-0.2, 0) is 9.53 Å². The molecule has 2 rings (SSSR count). The van der Waals surface area contributed by atoms with Crippen molar-refractivity contribution in [3.63, 3.8) is 0 Å². The van der Waals surface area contributed by atoms with Crippen LogP contribution in [0.5, 0.6) is 0 Å². The van der Waals surface area contributed by atoms with Crippen molar-refractivity contribution in [2.24, 2.45) is 5.92 Å². The van der Waals surface area contributed by atoms with E-state index in [2.05, 4.69) is 6.07 Å². The molecule has 0 aliphatic heterocycles. The summed E-state index contributed by atoms with van der Waals surface area (Å²) in [5.74, 6) is 0.0625. The first-order valence-corrected chi connectivity index (χ1v) is 6.48. The summed E-state index contributed by atoms with van der Waals surface area (Å²) in [7, 11) is 0. The number of hydrogen-bond acceptors (Lipinski definition) is 2. The van der Waals surface area contributed by atoms with Crippen molar-refractivity contribution < 1.29 is 9.53 Å². The van der Waals surface area contributed by atoms with E-state index < -0.39 is 0 Å². The summed E-state index contributed by atoms with van der Waals surface area (Å²) in [6.07, 6.45) is 1.77. The minimum Gasteiger partial charge on any atom is -0.466 e. The maximum Gasteiger partial charge on any atom is 0.308 e. The highest BCUT2D eigenvalue weighted by molar-refractivity contribution is 6.31. The lowest BCUT2D eigenvalue weighted by Crippen LogP contribution is -2.15. The van der Waals surface area contributed by atoms with Crippen LogP contribution in [0, 0.1) is 16.4 Å². The molecule has 0 bridgehead atoms. The van der Waals surface area contributed by atoms with Crippen LogP contribution >= 0.6 is 11.6 Å². The lowest BCUT2D eigenvalue weighted by molar-refractivity contribution is -0.148. The van der Waals surface area contributed by atoms with E-state index in [1.807, 2.05) is 32.9 Å². The van der Waals surface area contributed by atoms with Gasteiger partial charge in [-0.2, -0.15) is 0 Å². The highest BCUT2D eigenvalue weighted by atomic mass is 35.5. The molecule has 0 aromatic heterocycles. The van der Waals surface area contributed by atoms with Crippen LogP contribution in [0.4, 0.5) is 0 Å². The zero-order chi connectivity index (χ0) is 12.8. The second kappa shape index (κ2) is 6.65. The highest BCUT2D eigenvalue weighted by Gasteiger charge is 2.13. The molecule has 94 valence electrons. The molecule has 2 aliphatic carbocycles. The zero-order valence-corrected chi connectivity index (χ0v) is 11.4. The van der Waals surface area contributed by atoms with Gasteiger partial charge in [0.2, 0.25) is 0 Å². The summed E-state index contributed by atoms with van der Waals surface area (Å²) in [6, 6.07) is 6.05. The monoisotopic (exact) mass is 254 g/mol. The molecule has 0 atom stereocenters. The molecule has 0 radical (unpaired) electrons. The van der Waals surface area contributed by atoms with Gasteiger partial charge in [-0.1, -0.05) is 37.6 Å². The van der Waals surface area contributed by atoms with Crippen LogP contribution in [0.3, 0.4) is 0 Å². The number of carbonyl (C=O) groups is 1. The van der Waals surface area contributed by atoms with Gasteiger partial charge in [-0.25, -0.2) is 0 Å². The predicted molar refractivity (Wildman–Crippen MR) is 69.8 cm³/mol. The Balaban J connectivity index is 0.000000177. The molecule has 0 aromatic carbocycles. The first-order chi connectivity index (χ1) is 8.13. The molecule has 0 heterocycles. The molecule has 17 heavy (non-hydrogen) atoms. The van der Waals surface area contributed by atoms with E-state index in [1.165, 1.54) is 10.4 Å². The third-order valence-corrected chi connectivity index (χ3v) is 3.20. The van der Waals surface area contributed by atoms with Crippen molar-refractivity contribution in [2.45, 2.75) is 33.6 Å². The number of ether oxygens (including phenoxy) is 1. The van der Waals surface area contributed by atoms with Crippen molar-refractivity contribution in [2.75, 3.05) is 6.61 Å². The molecule has 0 aromatic rings. The molecule has 0 amide bonds. The van der Waals surface area contributed by atoms with Crippen LogP contribution in [0.1, 0.15) is 33.6 Å². The molecular weight excluding hydrogens is 236 g/mol. The molecule has 2 nitrogen and oxygen atoms in total. The van der Waals surface area contributed by atoms with Gasteiger partial charge < -0.3 is 4.74 Å². The van der Waals surface area contributed by atoms with Gasteiger partial charge in [0.1, 0.15) is 0 Å². The van der Waals surface area contributed by atoms with Gasteiger partial charge >= 0.3 is 5.97 Å². The molecule has 0 spiro atoms. The Morgan fingerprint density at radius 2 is 1.94 bits per heavy atom. The van der Waals surface area contributed by atoms with Crippen molar-refractivity contribution in [1.29, 1.82) is 0 Å². The van der Waals surface area contributed by atoms with Crippen molar-refractivity contribution in [3.8, 4) is 0 Å². The van der Waals surface area contributed by atoms with Crippen LogP contribution in [0.15, 0.2) is 18.2 Å². The number of hydrogen-bond donors (Lipinski definition) is 0. The molecule has 0 N–H and O–H groups in total. The lowest BCUT2D eigenvalue weighted by Gasteiger charge is -2.09. The molecule has 3 heteroatoms. The standard InChI is InChI=1S/C8H16O2.C6H3Cl/c1-4-7(5-2)8(9)10-6-3;7-6-3-4-1-2-5(4)6/h7H,4-6H2,1-3H3;1-3H. The van der Waals surface area contributed by atoms with Crippen LogP contribution < -0.4 is 0 Å². The van der Waals surface area contributed by atoms with E-state index in [0.29, 0.717) is 6.61 Å². The summed E-state index contributed by atoms with van der Waals surface area (Å²) >= 11 is 5.60. The molecule has 2 aliphatic rings. The number of rotatable bonds is 4. The SMILES string of the molecule is CCOC(=O)C(CC)CC.Clc1cc2ccc1=2. The number of halogens is 1. The Bertz CT molecular complexity index is 464. The third-order valence-electron chi connectivity index (χ3n) is 2.89. The fourth-order valence-electron chi connectivity index (χ4n) is 1.62. The number of carbonyl (C=O) groups excluding carboxylic acids is 1. The smallest absolute Gasteiger partial charge is 0.308 e. The van der Waals surface area contributed by atoms with E-state index >= 15 is 0 Å². The van der Waals surface area contributed by atoms with Gasteiger partial charge in [-0.15, -0.1) is 0 Å². The topological polar surface area (TPSA) is 26.3 Å². The molecular formula is C14H19ClO2. The minimum atomic E-state index is -0.0486. The Morgan fingerprint density at radius 1 is 1.29 bits per heavy atom. The first-order valence-electron chi connectivity index (χ1n) is 6.10. The van der Waals surface area contributed by atoms with E-state index in [9.17, 15) is 4.79 Å².